The third-order valence-electron chi connectivity index (χ3n) is 2.52. The van der Waals surface area contributed by atoms with Crippen LogP contribution >= 0.6 is 15.9 Å². The maximum absolute atomic E-state index is 13.4. The van der Waals surface area contributed by atoms with E-state index in [0.29, 0.717) is 10.0 Å². The number of esters is 1. The first-order valence-electron chi connectivity index (χ1n) is 5.42. The molecule has 0 spiro atoms. The number of carbonyl (C=O) groups is 1. The van der Waals surface area contributed by atoms with Crippen LogP contribution < -0.4 is 0 Å². The van der Waals surface area contributed by atoms with Crippen molar-refractivity contribution in [3.63, 3.8) is 0 Å². The number of halogens is 2. The summed E-state index contributed by atoms with van der Waals surface area (Å²) >= 11 is 3.07. The van der Waals surface area contributed by atoms with E-state index in [0.717, 1.165) is 0 Å². The maximum Gasteiger partial charge on any atom is 0.335 e. The monoisotopic (exact) mass is 315 g/mol. The largest absolute Gasteiger partial charge is 0.473 e. The van der Waals surface area contributed by atoms with Crippen molar-refractivity contribution in [3.05, 3.63) is 34.1 Å². The van der Waals surface area contributed by atoms with Gasteiger partial charge in [-0.3, -0.25) is 0 Å². The van der Waals surface area contributed by atoms with Gasteiger partial charge in [0.25, 0.3) is 0 Å². The van der Waals surface area contributed by atoms with Crippen molar-refractivity contribution in [2.45, 2.75) is 19.1 Å². The van der Waals surface area contributed by atoms with Gasteiger partial charge in [0.15, 0.2) is 18.5 Å². The van der Waals surface area contributed by atoms with Crippen LogP contribution in [0.1, 0.15) is 18.6 Å². The third-order valence-corrected chi connectivity index (χ3v) is 3.16. The van der Waals surface area contributed by atoms with Crippen molar-refractivity contribution < 1.29 is 18.7 Å². The average Bonchev–Trinajstić information content (AvgIpc) is 2.82. The zero-order valence-electron chi connectivity index (χ0n) is 9.60. The van der Waals surface area contributed by atoms with Gasteiger partial charge < -0.3 is 9.47 Å². The topological polar surface area (TPSA) is 47.9 Å². The van der Waals surface area contributed by atoms with Crippen molar-refractivity contribution in [1.82, 2.24) is 0 Å². The van der Waals surface area contributed by atoms with E-state index in [1.807, 2.05) is 0 Å². The van der Waals surface area contributed by atoms with Gasteiger partial charge in [0.2, 0.25) is 0 Å². The van der Waals surface area contributed by atoms with Crippen LogP contribution in [0.15, 0.2) is 27.7 Å². The molecule has 0 fully saturated rings. The number of hydrogen-bond donors (Lipinski definition) is 0. The molecule has 96 valence electrons. The minimum absolute atomic E-state index is 0.270. The summed E-state index contributed by atoms with van der Waals surface area (Å²) in [5.41, 5.74) is 0.547. The van der Waals surface area contributed by atoms with Gasteiger partial charge in [-0.25, -0.2) is 14.2 Å². The van der Waals surface area contributed by atoms with Gasteiger partial charge in [0.05, 0.1) is 11.1 Å². The van der Waals surface area contributed by atoms with E-state index >= 15 is 0 Å². The lowest BCUT2D eigenvalue weighted by Crippen LogP contribution is -2.26. The summed E-state index contributed by atoms with van der Waals surface area (Å²) in [5.74, 6) is -0.884. The molecule has 0 N–H and O–H groups in total. The van der Waals surface area contributed by atoms with Crippen LogP contribution in [0.2, 0.25) is 0 Å². The summed E-state index contributed by atoms with van der Waals surface area (Å²) in [6, 6.07) is 3.79. The number of hydrogen-bond acceptors (Lipinski definition) is 4. The number of benzene rings is 1. The normalized spacial score (nSPS) is 21.7. The molecule has 0 aromatic heterocycles. The van der Waals surface area contributed by atoms with Gasteiger partial charge in [-0.1, -0.05) is 6.07 Å². The van der Waals surface area contributed by atoms with Crippen LogP contribution in [0, 0.1) is 5.82 Å². The standard InChI is InChI=1S/C12H11BrFNO3/c1-2-17-12(16)10-11(18-6-15-10)7-3-4-8(13)9(14)5-7/h3-6,10-11H,2H2,1H3. The summed E-state index contributed by atoms with van der Waals surface area (Å²) in [5, 5.41) is 0. The molecule has 4 nitrogen and oxygen atoms in total. The van der Waals surface area contributed by atoms with Crippen molar-refractivity contribution in [2.75, 3.05) is 6.61 Å². The minimum Gasteiger partial charge on any atom is -0.473 e. The van der Waals surface area contributed by atoms with E-state index in [-0.39, 0.29) is 6.61 Å². The van der Waals surface area contributed by atoms with Crippen molar-refractivity contribution in [3.8, 4) is 0 Å². The summed E-state index contributed by atoms with van der Waals surface area (Å²) in [6.07, 6.45) is 0.568. The number of carbonyl (C=O) groups excluding carboxylic acids is 1. The molecule has 0 bridgehead atoms. The third kappa shape index (κ3) is 2.53. The van der Waals surface area contributed by atoms with Crippen molar-refractivity contribution in [2.24, 2.45) is 4.99 Å². The molecule has 1 aliphatic rings. The van der Waals surface area contributed by atoms with Gasteiger partial charge in [0.1, 0.15) is 5.82 Å². The number of nitrogens with zero attached hydrogens (tertiary/aromatic N) is 1. The molecule has 1 aliphatic heterocycles. The lowest BCUT2D eigenvalue weighted by atomic mass is 10.0. The summed E-state index contributed by atoms with van der Waals surface area (Å²) in [6.45, 7) is 1.98. The van der Waals surface area contributed by atoms with Crippen LogP contribution in [0.5, 0.6) is 0 Å². The average molecular weight is 316 g/mol. The lowest BCUT2D eigenvalue weighted by molar-refractivity contribution is -0.146. The fourth-order valence-electron chi connectivity index (χ4n) is 1.68. The Kier molecular flexibility index (Phi) is 3.96. The molecular formula is C12H11BrFNO3. The molecule has 0 saturated heterocycles. The van der Waals surface area contributed by atoms with Crippen molar-refractivity contribution >= 4 is 28.3 Å². The zero-order chi connectivity index (χ0) is 13.1. The Labute approximate surface area is 112 Å². The summed E-state index contributed by atoms with van der Waals surface area (Å²) in [7, 11) is 0. The number of aliphatic imine (C=N–C) groups is 1. The first kappa shape index (κ1) is 13.0. The second kappa shape index (κ2) is 5.48. The Morgan fingerprint density at radius 3 is 3.06 bits per heavy atom. The second-order valence-corrected chi connectivity index (χ2v) is 4.54. The van der Waals surface area contributed by atoms with Gasteiger partial charge in [-0.15, -0.1) is 0 Å². The Bertz CT molecular complexity index is 492. The first-order valence-corrected chi connectivity index (χ1v) is 6.21. The van der Waals surface area contributed by atoms with Gasteiger partial charge >= 0.3 is 5.97 Å². The van der Waals surface area contributed by atoms with Crippen LogP contribution in [0.25, 0.3) is 0 Å². The lowest BCUT2D eigenvalue weighted by Gasteiger charge is -2.16. The molecule has 6 heteroatoms. The fraction of sp³-hybridized carbons (Fsp3) is 0.333. The van der Waals surface area contributed by atoms with E-state index in [1.54, 1.807) is 19.1 Å². The summed E-state index contributed by atoms with van der Waals surface area (Å²) < 4.78 is 23.9. The van der Waals surface area contributed by atoms with E-state index in [9.17, 15) is 9.18 Å². The highest BCUT2D eigenvalue weighted by atomic mass is 79.9. The first-order chi connectivity index (χ1) is 8.63. The highest BCUT2D eigenvalue weighted by Gasteiger charge is 2.35. The molecular weight excluding hydrogens is 305 g/mol. The quantitative estimate of drug-likeness (QED) is 0.806. The molecule has 1 aromatic carbocycles. The van der Waals surface area contributed by atoms with E-state index in [4.69, 9.17) is 9.47 Å². The van der Waals surface area contributed by atoms with Crippen LogP contribution in [0.3, 0.4) is 0 Å². The fourth-order valence-corrected chi connectivity index (χ4v) is 1.93. The van der Waals surface area contributed by atoms with Crippen LogP contribution in [-0.4, -0.2) is 25.0 Å². The smallest absolute Gasteiger partial charge is 0.335 e. The SMILES string of the molecule is CCOC(=O)C1N=COC1c1ccc(Br)c(F)c1. The molecule has 0 aliphatic carbocycles. The molecule has 0 saturated carbocycles. The Morgan fingerprint density at radius 2 is 2.39 bits per heavy atom. The van der Waals surface area contributed by atoms with Gasteiger partial charge in [0, 0.05) is 0 Å². The van der Waals surface area contributed by atoms with Gasteiger partial charge in [-0.05, 0) is 40.5 Å². The van der Waals surface area contributed by atoms with E-state index in [1.165, 1.54) is 12.5 Å². The number of rotatable bonds is 3. The predicted octanol–water partition coefficient (Wildman–Crippen LogP) is 2.62. The molecule has 0 amide bonds. The predicted molar refractivity (Wildman–Crippen MR) is 66.8 cm³/mol. The molecule has 2 atom stereocenters. The second-order valence-electron chi connectivity index (χ2n) is 3.68. The van der Waals surface area contributed by atoms with E-state index < -0.39 is 23.9 Å². The zero-order valence-corrected chi connectivity index (χ0v) is 11.2. The molecule has 18 heavy (non-hydrogen) atoms. The Morgan fingerprint density at radius 1 is 1.61 bits per heavy atom. The maximum atomic E-state index is 13.4. The van der Waals surface area contributed by atoms with Crippen molar-refractivity contribution in [1.29, 1.82) is 0 Å². The van der Waals surface area contributed by atoms with E-state index in [2.05, 4.69) is 20.9 Å². The van der Waals surface area contributed by atoms with Crippen LogP contribution in [-0.2, 0) is 14.3 Å². The molecule has 2 rings (SSSR count). The highest BCUT2D eigenvalue weighted by molar-refractivity contribution is 9.10. The minimum atomic E-state index is -0.773. The Hall–Kier alpha value is -1.43. The molecule has 1 heterocycles. The molecule has 0 radical (unpaired) electrons. The van der Waals surface area contributed by atoms with Gasteiger partial charge in [-0.2, -0.15) is 0 Å². The summed E-state index contributed by atoms with van der Waals surface area (Å²) in [4.78, 5) is 15.6. The highest BCUT2D eigenvalue weighted by Crippen LogP contribution is 2.29. The Balaban J connectivity index is 2.22. The molecule has 2 unspecified atom stereocenters. The van der Waals surface area contributed by atoms with Crippen LogP contribution in [0.4, 0.5) is 4.39 Å². The molecule has 1 aromatic rings. The number of ether oxygens (including phenoxy) is 2.